The Hall–Kier alpha value is -1.75. The molecule has 1 saturated heterocycles. The Labute approximate surface area is 147 Å². The first kappa shape index (κ1) is 17.1. The number of piperidine rings is 1. The monoisotopic (exact) mass is 350 g/mol. The third-order valence-corrected chi connectivity index (χ3v) is 4.83. The van der Waals surface area contributed by atoms with E-state index in [0.29, 0.717) is 29.9 Å². The van der Waals surface area contributed by atoms with Crippen LogP contribution in [0, 0.1) is 5.92 Å². The Morgan fingerprint density at radius 3 is 2.38 bits per heavy atom. The van der Waals surface area contributed by atoms with Gasteiger partial charge >= 0.3 is 0 Å². The van der Waals surface area contributed by atoms with Gasteiger partial charge in [-0.15, -0.1) is 0 Å². The standard InChI is InChI=1S/C18H23ClN2O3/c1-12(24-16-6-2-14(19)3-7-16)18(23)21-10-8-13(9-11-21)17(22)20-15-4-5-15/h2-3,6-7,12-13,15H,4-5,8-11H2,1H3,(H,20,22). The highest BCUT2D eigenvalue weighted by Gasteiger charge is 2.32. The quantitative estimate of drug-likeness (QED) is 0.888. The molecule has 6 heteroatoms. The lowest BCUT2D eigenvalue weighted by molar-refractivity contribution is -0.141. The summed E-state index contributed by atoms with van der Waals surface area (Å²) in [6, 6.07) is 7.36. The fourth-order valence-electron chi connectivity index (χ4n) is 2.93. The molecule has 0 aromatic heterocycles. The number of carbonyl (C=O) groups is 2. The summed E-state index contributed by atoms with van der Waals surface area (Å²) in [5.74, 6) is 0.766. The predicted molar refractivity (Wildman–Crippen MR) is 92.0 cm³/mol. The van der Waals surface area contributed by atoms with Crippen molar-refractivity contribution in [3.63, 3.8) is 0 Å². The molecule has 0 spiro atoms. The molecule has 1 aliphatic carbocycles. The zero-order chi connectivity index (χ0) is 17.1. The molecule has 1 saturated carbocycles. The largest absolute Gasteiger partial charge is 0.481 e. The van der Waals surface area contributed by atoms with Crippen LogP contribution in [0.15, 0.2) is 24.3 Å². The van der Waals surface area contributed by atoms with Crippen molar-refractivity contribution >= 4 is 23.4 Å². The van der Waals surface area contributed by atoms with Crippen molar-refractivity contribution in [3.8, 4) is 5.75 Å². The van der Waals surface area contributed by atoms with E-state index in [0.717, 1.165) is 25.7 Å². The van der Waals surface area contributed by atoms with Gasteiger partial charge in [0.1, 0.15) is 5.75 Å². The van der Waals surface area contributed by atoms with Gasteiger partial charge in [-0.3, -0.25) is 9.59 Å². The van der Waals surface area contributed by atoms with Crippen LogP contribution in [-0.2, 0) is 9.59 Å². The smallest absolute Gasteiger partial charge is 0.263 e. The number of carbonyl (C=O) groups excluding carboxylic acids is 2. The zero-order valence-corrected chi connectivity index (χ0v) is 14.6. The maximum atomic E-state index is 12.5. The summed E-state index contributed by atoms with van der Waals surface area (Å²) < 4.78 is 5.69. The Morgan fingerprint density at radius 1 is 1.17 bits per heavy atom. The fourth-order valence-corrected chi connectivity index (χ4v) is 3.06. The molecule has 24 heavy (non-hydrogen) atoms. The Morgan fingerprint density at radius 2 is 1.79 bits per heavy atom. The number of amides is 2. The van der Waals surface area contributed by atoms with E-state index < -0.39 is 6.10 Å². The molecule has 1 aliphatic heterocycles. The SMILES string of the molecule is CC(Oc1ccc(Cl)cc1)C(=O)N1CCC(C(=O)NC2CC2)CC1. The van der Waals surface area contributed by atoms with Crippen LogP contribution < -0.4 is 10.1 Å². The van der Waals surface area contributed by atoms with Crippen LogP contribution in [0.2, 0.25) is 5.02 Å². The lowest BCUT2D eigenvalue weighted by atomic mass is 9.95. The van der Waals surface area contributed by atoms with E-state index >= 15 is 0 Å². The maximum absolute atomic E-state index is 12.5. The molecule has 0 radical (unpaired) electrons. The molecule has 2 fully saturated rings. The Kier molecular flexibility index (Phi) is 5.29. The summed E-state index contributed by atoms with van der Waals surface area (Å²) in [4.78, 5) is 26.4. The fraction of sp³-hybridized carbons (Fsp3) is 0.556. The number of benzene rings is 1. The lowest BCUT2D eigenvalue weighted by Crippen LogP contribution is -2.47. The average molecular weight is 351 g/mol. The molecule has 5 nitrogen and oxygen atoms in total. The summed E-state index contributed by atoms with van der Waals surface area (Å²) in [6.07, 6.45) is 3.09. The van der Waals surface area contributed by atoms with Crippen LogP contribution in [-0.4, -0.2) is 41.9 Å². The summed E-state index contributed by atoms with van der Waals surface area (Å²) in [6.45, 7) is 2.97. The molecule has 3 rings (SSSR count). The van der Waals surface area contributed by atoms with Gasteiger partial charge in [-0.1, -0.05) is 11.6 Å². The molecule has 1 N–H and O–H groups in total. The molecule has 1 aromatic rings. The highest BCUT2D eigenvalue weighted by atomic mass is 35.5. The third kappa shape index (κ3) is 4.41. The van der Waals surface area contributed by atoms with E-state index in [4.69, 9.17) is 16.3 Å². The molecule has 1 unspecified atom stereocenters. The molecule has 2 aliphatic rings. The van der Waals surface area contributed by atoms with E-state index in [9.17, 15) is 9.59 Å². The molecule has 130 valence electrons. The number of ether oxygens (including phenoxy) is 1. The van der Waals surface area contributed by atoms with Gasteiger partial charge in [-0.2, -0.15) is 0 Å². The van der Waals surface area contributed by atoms with E-state index in [1.165, 1.54) is 0 Å². The van der Waals surface area contributed by atoms with Crippen molar-refractivity contribution in [3.05, 3.63) is 29.3 Å². The second kappa shape index (κ2) is 7.43. The van der Waals surface area contributed by atoms with Crippen LogP contribution >= 0.6 is 11.6 Å². The minimum absolute atomic E-state index is 0.0298. The molecule has 2 amide bonds. The van der Waals surface area contributed by atoms with Crippen molar-refractivity contribution < 1.29 is 14.3 Å². The van der Waals surface area contributed by atoms with E-state index in [-0.39, 0.29) is 17.7 Å². The van der Waals surface area contributed by atoms with Crippen molar-refractivity contribution in [1.29, 1.82) is 0 Å². The topological polar surface area (TPSA) is 58.6 Å². The maximum Gasteiger partial charge on any atom is 0.263 e. The number of nitrogens with one attached hydrogen (secondary N) is 1. The normalized spacial score (nSPS) is 19.7. The number of rotatable bonds is 5. The summed E-state index contributed by atoms with van der Waals surface area (Å²) >= 11 is 5.84. The van der Waals surface area contributed by atoms with Gasteiger partial charge in [-0.05, 0) is 56.9 Å². The second-order valence-corrected chi connectivity index (χ2v) is 7.03. The number of nitrogens with zero attached hydrogens (tertiary/aromatic N) is 1. The van der Waals surface area contributed by atoms with Gasteiger partial charge in [0.05, 0.1) is 0 Å². The van der Waals surface area contributed by atoms with Crippen molar-refractivity contribution in [2.24, 2.45) is 5.92 Å². The van der Waals surface area contributed by atoms with Crippen molar-refractivity contribution in [1.82, 2.24) is 10.2 Å². The molecular formula is C18H23ClN2O3. The highest BCUT2D eigenvalue weighted by molar-refractivity contribution is 6.30. The van der Waals surface area contributed by atoms with Gasteiger partial charge in [-0.25, -0.2) is 0 Å². The van der Waals surface area contributed by atoms with Gasteiger partial charge < -0.3 is 15.0 Å². The Balaban J connectivity index is 1.47. The average Bonchev–Trinajstić information content (AvgIpc) is 3.40. The number of halogens is 1. The van der Waals surface area contributed by atoms with Crippen LogP contribution in [0.3, 0.4) is 0 Å². The number of hydrogen-bond acceptors (Lipinski definition) is 3. The second-order valence-electron chi connectivity index (χ2n) is 6.60. The summed E-state index contributed by atoms with van der Waals surface area (Å²) in [5.41, 5.74) is 0. The number of hydrogen-bond donors (Lipinski definition) is 1. The van der Waals surface area contributed by atoms with Gasteiger partial charge in [0.15, 0.2) is 6.10 Å². The van der Waals surface area contributed by atoms with Crippen LogP contribution in [0.25, 0.3) is 0 Å². The number of likely N-dealkylation sites (tertiary alicyclic amines) is 1. The Bertz CT molecular complexity index is 593. The lowest BCUT2D eigenvalue weighted by Gasteiger charge is -2.33. The van der Waals surface area contributed by atoms with Crippen LogP contribution in [0.4, 0.5) is 0 Å². The van der Waals surface area contributed by atoms with Gasteiger partial charge in [0.2, 0.25) is 5.91 Å². The van der Waals surface area contributed by atoms with Crippen LogP contribution in [0.5, 0.6) is 5.75 Å². The van der Waals surface area contributed by atoms with Crippen LogP contribution in [0.1, 0.15) is 32.6 Å². The molecule has 0 bridgehead atoms. The van der Waals surface area contributed by atoms with E-state index in [1.807, 2.05) is 0 Å². The van der Waals surface area contributed by atoms with E-state index in [1.54, 1.807) is 36.1 Å². The molecule has 1 aromatic carbocycles. The molecular weight excluding hydrogens is 328 g/mol. The summed E-state index contributed by atoms with van der Waals surface area (Å²) in [7, 11) is 0. The first-order valence-electron chi connectivity index (χ1n) is 8.54. The first-order chi connectivity index (χ1) is 11.5. The third-order valence-electron chi connectivity index (χ3n) is 4.58. The highest BCUT2D eigenvalue weighted by Crippen LogP contribution is 2.23. The minimum Gasteiger partial charge on any atom is -0.481 e. The minimum atomic E-state index is -0.553. The van der Waals surface area contributed by atoms with Gasteiger partial charge in [0, 0.05) is 30.1 Å². The first-order valence-corrected chi connectivity index (χ1v) is 8.92. The van der Waals surface area contributed by atoms with Crippen molar-refractivity contribution in [2.45, 2.75) is 44.8 Å². The predicted octanol–water partition coefficient (Wildman–Crippen LogP) is 2.62. The molecule has 1 atom stereocenters. The van der Waals surface area contributed by atoms with Crippen molar-refractivity contribution in [2.75, 3.05) is 13.1 Å². The molecule has 1 heterocycles. The van der Waals surface area contributed by atoms with Gasteiger partial charge in [0.25, 0.3) is 5.91 Å². The summed E-state index contributed by atoms with van der Waals surface area (Å²) in [5, 5.41) is 3.68. The van der Waals surface area contributed by atoms with E-state index in [2.05, 4.69) is 5.32 Å². The zero-order valence-electron chi connectivity index (χ0n) is 13.8.